The molecule has 64 heavy (non-hydrogen) atoms. The van der Waals surface area contributed by atoms with Crippen molar-refractivity contribution in [2.45, 2.75) is 0 Å². The van der Waals surface area contributed by atoms with E-state index in [-0.39, 0.29) is 0 Å². The zero-order valence-electron chi connectivity index (χ0n) is 34.6. The van der Waals surface area contributed by atoms with Crippen molar-refractivity contribution in [1.29, 1.82) is 0 Å². The maximum absolute atomic E-state index is 4.51. The monoisotopic (exact) mass is 834 g/mol. The highest BCUT2D eigenvalue weighted by Crippen LogP contribution is 2.34. The van der Waals surface area contributed by atoms with Crippen molar-refractivity contribution in [1.82, 2.24) is 28.7 Å². The van der Waals surface area contributed by atoms with Gasteiger partial charge in [0.1, 0.15) is 0 Å². The van der Waals surface area contributed by atoms with E-state index in [4.69, 9.17) is 0 Å². The van der Waals surface area contributed by atoms with E-state index in [9.17, 15) is 0 Å². The smallest absolute Gasteiger partial charge is 0.179 e. The van der Waals surface area contributed by atoms with Gasteiger partial charge in [0.2, 0.25) is 0 Å². The number of hydrogen-bond acceptors (Lipinski definition) is 3. The van der Waals surface area contributed by atoms with Gasteiger partial charge in [-0.2, -0.15) is 0 Å². The number of rotatable bonds is 7. The molecule has 300 valence electrons. The second kappa shape index (κ2) is 14.3. The third-order valence-corrected chi connectivity index (χ3v) is 18.1. The number of aromatic nitrogens is 6. The third-order valence-electron chi connectivity index (χ3n) is 13.3. The van der Waals surface area contributed by atoms with Crippen molar-refractivity contribution in [3.05, 3.63) is 231 Å². The van der Waals surface area contributed by atoms with Gasteiger partial charge in [-0.25, -0.2) is 0 Å². The van der Waals surface area contributed by atoms with E-state index in [2.05, 4.69) is 223 Å². The molecule has 0 aliphatic heterocycles. The molecule has 0 aliphatic rings. The van der Waals surface area contributed by atoms with Gasteiger partial charge in [0, 0.05) is 86.6 Å². The van der Waals surface area contributed by atoms with E-state index in [1.165, 1.54) is 36.9 Å². The van der Waals surface area contributed by atoms with Crippen LogP contribution in [0, 0.1) is 0 Å². The lowest BCUT2D eigenvalue weighted by Crippen LogP contribution is -2.74. The summed E-state index contributed by atoms with van der Waals surface area (Å²) < 4.78 is 7.11. The highest BCUT2D eigenvalue weighted by Gasteiger charge is 2.41. The van der Waals surface area contributed by atoms with Crippen LogP contribution in [-0.2, 0) is 0 Å². The van der Waals surface area contributed by atoms with Crippen LogP contribution in [0.3, 0.4) is 0 Å². The van der Waals surface area contributed by atoms with E-state index in [1.54, 1.807) is 0 Å². The van der Waals surface area contributed by atoms with Gasteiger partial charge < -0.3 is 13.7 Å². The predicted molar refractivity (Wildman–Crippen MR) is 266 cm³/mol. The Labute approximate surface area is 369 Å². The standard InChI is InChI=1S/C57H38N6Si/c1-2-10-42(11-3-1)64(43-24-18-39(19-25-43)61-52-15-7-4-12-46(52)49-36-58-33-30-55(49)61,44-26-20-40(21-27-44)62-53-16-8-5-13-47(53)50-37-59-34-31-56(50)62)45-28-22-41(23-29-45)63-54-17-9-6-14-48(54)51-38-60-35-32-57(51)63/h1-38H. The Balaban J connectivity index is 1.04. The largest absolute Gasteiger partial charge is 0.309 e. The summed E-state index contributed by atoms with van der Waals surface area (Å²) in [4.78, 5) is 13.5. The average molecular weight is 835 g/mol. The van der Waals surface area contributed by atoms with Gasteiger partial charge in [0.15, 0.2) is 8.07 Å². The molecule has 0 spiro atoms. The maximum atomic E-state index is 4.51. The van der Waals surface area contributed by atoms with Crippen molar-refractivity contribution < 1.29 is 0 Å². The Morgan fingerprint density at radius 3 is 0.875 bits per heavy atom. The van der Waals surface area contributed by atoms with Crippen molar-refractivity contribution in [3.8, 4) is 17.1 Å². The number of fused-ring (bicyclic) bond motifs is 9. The highest BCUT2D eigenvalue weighted by molar-refractivity contribution is 7.19. The lowest BCUT2D eigenvalue weighted by molar-refractivity contribution is 1.17. The van der Waals surface area contributed by atoms with Gasteiger partial charge in [0.25, 0.3) is 0 Å². The number of pyridine rings is 3. The van der Waals surface area contributed by atoms with Gasteiger partial charge in [-0.05, 0) is 93.5 Å². The minimum absolute atomic E-state index is 1.12. The molecule has 6 aromatic heterocycles. The average Bonchev–Trinajstić information content (AvgIpc) is 4.01. The topological polar surface area (TPSA) is 53.5 Å². The molecule has 7 aromatic carbocycles. The van der Waals surface area contributed by atoms with Crippen molar-refractivity contribution in [3.63, 3.8) is 0 Å². The van der Waals surface area contributed by atoms with Gasteiger partial charge >= 0.3 is 0 Å². The van der Waals surface area contributed by atoms with Crippen LogP contribution in [0.2, 0.25) is 0 Å². The van der Waals surface area contributed by atoms with Crippen LogP contribution in [0.1, 0.15) is 0 Å². The summed E-state index contributed by atoms with van der Waals surface area (Å²) in [5, 5.41) is 12.3. The van der Waals surface area contributed by atoms with Crippen LogP contribution < -0.4 is 20.7 Å². The van der Waals surface area contributed by atoms with Gasteiger partial charge in [-0.1, -0.05) is 121 Å². The highest BCUT2D eigenvalue weighted by atomic mass is 28.3. The van der Waals surface area contributed by atoms with E-state index in [1.807, 2.05) is 37.2 Å². The second-order valence-electron chi connectivity index (χ2n) is 16.5. The molecular formula is C57H38N6Si. The maximum Gasteiger partial charge on any atom is 0.179 e. The molecule has 0 amide bonds. The second-order valence-corrected chi connectivity index (χ2v) is 20.3. The molecule has 0 radical (unpaired) electrons. The fraction of sp³-hybridized carbons (Fsp3) is 0. The summed E-state index contributed by atoms with van der Waals surface area (Å²) in [6.45, 7) is 0. The third kappa shape index (κ3) is 5.28. The van der Waals surface area contributed by atoms with Crippen LogP contribution >= 0.6 is 0 Å². The van der Waals surface area contributed by atoms with E-state index >= 15 is 0 Å². The predicted octanol–water partition coefficient (Wildman–Crippen LogP) is 10.5. The summed E-state index contributed by atoms with van der Waals surface area (Å²) in [5.41, 5.74) is 10.3. The zero-order valence-corrected chi connectivity index (χ0v) is 35.6. The van der Waals surface area contributed by atoms with Gasteiger partial charge in [-0.15, -0.1) is 0 Å². The van der Waals surface area contributed by atoms with E-state index < -0.39 is 8.07 Å². The van der Waals surface area contributed by atoms with Crippen LogP contribution in [0.5, 0.6) is 0 Å². The molecule has 0 bridgehead atoms. The Morgan fingerprint density at radius 1 is 0.250 bits per heavy atom. The zero-order chi connectivity index (χ0) is 42.2. The van der Waals surface area contributed by atoms with Crippen molar-refractivity contribution in [2.75, 3.05) is 0 Å². The van der Waals surface area contributed by atoms with E-state index in [0.717, 1.165) is 66.3 Å². The molecule has 0 saturated carbocycles. The Bertz CT molecular complexity index is 3350. The molecule has 0 aliphatic carbocycles. The summed E-state index contributed by atoms with van der Waals surface area (Å²) in [5.74, 6) is 0. The number of nitrogens with zero attached hydrogens (tertiary/aromatic N) is 6. The molecule has 0 atom stereocenters. The molecule has 0 saturated heterocycles. The summed E-state index contributed by atoms with van der Waals surface area (Å²) in [6, 6.07) is 71.6. The minimum Gasteiger partial charge on any atom is -0.309 e. The first-order valence-electron chi connectivity index (χ1n) is 21.7. The van der Waals surface area contributed by atoms with Crippen LogP contribution in [-0.4, -0.2) is 36.7 Å². The first-order valence-corrected chi connectivity index (χ1v) is 23.7. The lowest BCUT2D eigenvalue weighted by Gasteiger charge is -2.35. The summed E-state index contributed by atoms with van der Waals surface area (Å²) >= 11 is 0. The molecule has 6 nitrogen and oxygen atoms in total. The number of benzene rings is 7. The molecule has 13 aromatic rings. The Hall–Kier alpha value is -8.39. The fourth-order valence-corrected chi connectivity index (χ4v) is 15.2. The van der Waals surface area contributed by atoms with E-state index in [0.29, 0.717) is 0 Å². The normalized spacial score (nSPS) is 12.1. The quantitative estimate of drug-likeness (QED) is 0.119. The van der Waals surface area contributed by atoms with Crippen molar-refractivity contribution in [2.24, 2.45) is 0 Å². The summed E-state index contributed by atoms with van der Waals surface area (Å²) in [6.07, 6.45) is 11.6. The molecule has 0 unspecified atom stereocenters. The number of hydrogen-bond donors (Lipinski definition) is 0. The van der Waals surface area contributed by atoms with Crippen LogP contribution in [0.15, 0.2) is 231 Å². The summed E-state index contributed by atoms with van der Waals surface area (Å²) in [7, 11) is -3.00. The Morgan fingerprint density at radius 2 is 0.531 bits per heavy atom. The minimum atomic E-state index is -3.00. The number of para-hydroxylation sites is 3. The van der Waals surface area contributed by atoms with Crippen molar-refractivity contribution >= 4 is 94.2 Å². The Kier molecular flexibility index (Phi) is 8.13. The molecule has 0 N–H and O–H groups in total. The molecule has 7 heteroatoms. The molecule has 13 rings (SSSR count). The molecule has 6 heterocycles. The first kappa shape index (κ1) is 36.3. The lowest BCUT2D eigenvalue weighted by atomic mass is 10.2. The van der Waals surface area contributed by atoms with Crippen LogP contribution in [0.25, 0.3) is 82.5 Å². The van der Waals surface area contributed by atoms with Gasteiger partial charge in [-0.3, -0.25) is 15.0 Å². The SMILES string of the molecule is c1ccc([Si](c2ccc(-n3c4ccccc4c4cnccc43)cc2)(c2ccc(-n3c4ccccc4c4cnccc43)cc2)c2ccc(-n3c4ccccc4c4cnccc43)cc2)cc1. The fourth-order valence-electron chi connectivity index (χ4n) is 10.6. The van der Waals surface area contributed by atoms with Crippen LogP contribution in [0.4, 0.5) is 0 Å². The molecular weight excluding hydrogens is 797 g/mol. The molecule has 0 fully saturated rings. The first-order chi connectivity index (χ1) is 31.8. The van der Waals surface area contributed by atoms with Gasteiger partial charge in [0.05, 0.1) is 33.1 Å².